The van der Waals surface area contributed by atoms with Crippen LogP contribution in [-0.4, -0.2) is 115 Å². The molecule has 370 valence electrons. The van der Waals surface area contributed by atoms with Crippen molar-refractivity contribution in [2.45, 2.75) is 127 Å². The Morgan fingerprint density at radius 3 is 2.41 bits per heavy atom. The first kappa shape index (κ1) is 48.6. The van der Waals surface area contributed by atoms with E-state index in [1.807, 2.05) is 54.9 Å². The second-order valence-corrected chi connectivity index (χ2v) is 22.7. The molecule has 70 heavy (non-hydrogen) atoms. The monoisotopic (exact) mass is 1040 g/mol. The molecule has 3 aromatic carbocycles. The number of imidazole rings is 1. The van der Waals surface area contributed by atoms with Crippen molar-refractivity contribution < 1.29 is 28.6 Å². The smallest absolute Gasteiger partial charge is 0.283 e. The van der Waals surface area contributed by atoms with Gasteiger partial charge in [-0.3, -0.25) is 23.6 Å². The molecule has 6 aromatic rings. The number of aliphatic hydroxyl groups excluding tert-OH is 1. The number of piperidine rings is 1. The van der Waals surface area contributed by atoms with Gasteiger partial charge < -0.3 is 34.8 Å². The quantitative estimate of drug-likeness (QED) is 0.0914. The molecule has 4 unspecified atom stereocenters. The van der Waals surface area contributed by atoms with E-state index in [1.54, 1.807) is 32.1 Å². The number of hydrogen-bond acceptors (Lipinski definition) is 10. The van der Waals surface area contributed by atoms with E-state index < -0.39 is 53.0 Å². The van der Waals surface area contributed by atoms with Crippen molar-refractivity contribution in [2.75, 3.05) is 39.4 Å². The minimum Gasteiger partial charge on any atom is -0.391 e. The van der Waals surface area contributed by atoms with Gasteiger partial charge in [0.2, 0.25) is 17.6 Å². The summed E-state index contributed by atoms with van der Waals surface area (Å²) in [6.45, 7) is 10.4. The molecular weight excluding hydrogens is 976 g/mol. The number of amides is 3. The molecule has 2 saturated heterocycles. The van der Waals surface area contributed by atoms with Crippen LogP contribution >= 0.6 is 27.3 Å². The summed E-state index contributed by atoms with van der Waals surface area (Å²) in [5.74, 6) is -0.715. The Morgan fingerprint density at radius 2 is 1.73 bits per heavy atom. The largest absolute Gasteiger partial charge is 0.391 e. The maximum atomic E-state index is 14.8. The van der Waals surface area contributed by atoms with Crippen molar-refractivity contribution in [3.8, 4) is 10.4 Å². The molecule has 2 aliphatic heterocycles. The lowest BCUT2D eigenvalue weighted by Gasteiger charge is -2.36. The average Bonchev–Trinajstić information content (AvgIpc) is 3.79. The molecule has 4 fully saturated rings. The Morgan fingerprint density at radius 1 is 0.986 bits per heavy atom. The van der Waals surface area contributed by atoms with Crippen molar-refractivity contribution in [1.29, 1.82) is 0 Å². The highest BCUT2D eigenvalue weighted by Crippen LogP contribution is 2.41. The molecule has 4 aliphatic rings. The molecule has 14 nitrogen and oxygen atoms in total. The van der Waals surface area contributed by atoms with E-state index in [0.29, 0.717) is 36.3 Å². The molecule has 3 N–H and O–H groups in total. The average molecular weight is 1040 g/mol. The number of fused-ring (bicyclic) bond motifs is 5. The lowest BCUT2D eigenvalue weighted by molar-refractivity contribution is -0.145. The number of thiazole rings is 1. The molecule has 3 amide bonds. The summed E-state index contributed by atoms with van der Waals surface area (Å²) in [6, 6.07) is 18.2. The first-order valence-corrected chi connectivity index (χ1v) is 26.5. The van der Waals surface area contributed by atoms with Crippen LogP contribution in [-0.2, 0) is 19.1 Å². The predicted octanol–water partition coefficient (Wildman–Crippen LogP) is 8.16. The number of carbonyl (C=O) groups is 3. The second-order valence-electron chi connectivity index (χ2n) is 21.0. The molecule has 2 aliphatic carbocycles. The topological polar surface area (TPSA) is 163 Å². The zero-order valence-corrected chi connectivity index (χ0v) is 42.7. The number of nitrogens with one attached hydrogen (secondary N) is 2. The number of aryl methyl sites for hydroxylation is 1. The number of likely N-dealkylation sites (tertiary alicyclic amines) is 2. The number of benzene rings is 3. The van der Waals surface area contributed by atoms with Gasteiger partial charge in [-0.25, -0.2) is 9.37 Å². The van der Waals surface area contributed by atoms with E-state index in [1.165, 1.54) is 10.5 Å². The molecular formula is C53H62BrFN8O6S. The zero-order chi connectivity index (χ0) is 49.1. The Labute approximate surface area is 419 Å². The maximum Gasteiger partial charge on any atom is 0.283 e. The van der Waals surface area contributed by atoms with Gasteiger partial charge >= 0.3 is 0 Å². The fraction of sp³-hybridized carbons (Fsp3) is 0.509. The third kappa shape index (κ3) is 9.56. The van der Waals surface area contributed by atoms with Gasteiger partial charge in [-0.05, 0) is 127 Å². The van der Waals surface area contributed by atoms with Crippen molar-refractivity contribution >= 4 is 72.7 Å². The molecule has 3 aromatic heterocycles. The number of hydrogen-bond donors (Lipinski definition) is 3. The normalized spacial score (nSPS) is 20.9. The van der Waals surface area contributed by atoms with Crippen LogP contribution < -0.4 is 16.2 Å². The Bertz CT molecular complexity index is 3000. The van der Waals surface area contributed by atoms with E-state index in [4.69, 9.17) is 9.72 Å². The molecule has 17 heteroatoms. The number of carbonyl (C=O) groups excluding carboxylic acids is 3. The van der Waals surface area contributed by atoms with Gasteiger partial charge in [0.15, 0.2) is 5.67 Å². The third-order valence-corrected chi connectivity index (χ3v) is 16.8. The maximum absolute atomic E-state index is 14.8. The number of aliphatic hydroxyl groups is 1. The van der Waals surface area contributed by atoms with Gasteiger partial charge in [0, 0.05) is 30.0 Å². The second kappa shape index (κ2) is 19.5. The van der Waals surface area contributed by atoms with E-state index in [-0.39, 0.29) is 38.0 Å². The van der Waals surface area contributed by atoms with Gasteiger partial charge in [-0.2, -0.15) is 4.98 Å². The molecule has 0 spiro atoms. The molecule has 4 atom stereocenters. The highest BCUT2D eigenvalue weighted by atomic mass is 79.9. The third-order valence-electron chi connectivity index (χ3n) is 15.1. The fourth-order valence-electron chi connectivity index (χ4n) is 11.0. The van der Waals surface area contributed by atoms with Crippen LogP contribution in [0.5, 0.6) is 0 Å². The van der Waals surface area contributed by atoms with Crippen molar-refractivity contribution in [1.82, 2.24) is 39.4 Å². The number of halogens is 2. The summed E-state index contributed by atoms with van der Waals surface area (Å²) in [7, 11) is 0. The minimum atomic E-state index is -1.98. The summed E-state index contributed by atoms with van der Waals surface area (Å²) in [5.41, 5.74) is 5.94. The van der Waals surface area contributed by atoms with Crippen LogP contribution in [0.2, 0.25) is 0 Å². The minimum absolute atomic E-state index is 0.0220. The number of nitrogens with zero attached hydrogens (tertiary/aromatic N) is 6. The highest BCUT2D eigenvalue weighted by molar-refractivity contribution is 9.10. The van der Waals surface area contributed by atoms with E-state index >= 15 is 0 Å². The number of alkyl halides is 1. The van der Waals surface area contributed by atoms with Gasteiger partial charge in [-0.1, -0.05) is 70.0 Å². The predicted molar refractivity (Wildman–Crippen MR) is 273 cm³/mol. The van der Waals surface area contributed by atoms with Crippen molar-refractivity contribution in [2.24, 2.45) is 5.41 Å². The lowest BCUT2D eigenvalue weighted by atomic mass is 9.85. The molecule has 0 bridgehead atoms. The van der Waals surface area contributed by atoms with E-state index in [0.717, 1.165) is 94.3 Å². The van der Waals surface area contributed by atoms with Crippen LogP contribution in [0, 0.1) is 12.3 Å². The molecule has 0 radical (unpaired) electrons. The number of ether oxygens (including phenoxy) is 1. The standard InChI is InChI=1S/C53H62BrFN8O6S/c1-31-45(70-30-56-31)34-14-12-33(13-15-34)39(57-47(65)43-27-37(64)28-61(43)49(67)46(52(2,3)4)58-50(68)53(55)20-21-53)29-69-25-24-60-22-18-32(19-23-60)35-16-17-40-42(26-35)62(36-8-5-6-9-36)51-59-48(66)44-38(54)10-7-11-41(44)63(40)51/h7,10-17,26,30,32,36-37,39,43,46,64H,5-6,8-9,18-25,27-29H2,1-4H3,(H,57,65)(H,58,68). The SMILES string of the molecule is Cc1ncsc1-c1ccc(C(COCCN2CCC(c3ccc4c(c3)n(C3CCCC3)c3nc(=O)c5c(Br)cccc5n43)CC2)NC(=O)C2CC(O)CN2C(=O)C(NC(=O)C2(F)CC2)C(C)(C)C)cc1. The van der Waals surface area contributed by atoms with Crippen LogP contribution in [0.25, 0.3) is 38.2 Å². The Balaban J connectivity index is 0.812. The van der Waals surface area contributed by atoms with Gasteiger partial charge in [-0.15, -0.1) is 11.3 Å². The summed E-state index contributed by atoms with van der Waals surface area (Å²) in [4.78, 5) is 68.7. The summed E-state index contributed by atoms with van der Waals surface area (Å²) in [6.07, 6.45) is 5.72. The van der Waals surface area contributed by atoms with Gasteiger partial charge in [0.25, 0.3) is 11.5 Å². The fourth-order valence-corrected chi connectivity index (χ4v) is 12.3. The van der Waals surface area contributed by atoms with E-state index in [9.17, 15) is 28.7 Å². The lowest BCUT2D eigenvalue weighted by Crippen LogP contribution is -2.59. The summed E-state index contributed by atoms with van der Waals surface area (Å²) < 4.78 is 26.4. The number of β-amino-alcohol motifs (C(OH)–C–C–N with tert-alkyl or cyclic N) is 1. The van der Waals surface area contributed by atoms with Crippen LogP contribution in [0.1, 0.15) is 113 Å². The summed E-state index contributed by atoms with van der Waals surface area (Å²) in [5, 5.41) is 17.2. The molecule has 5 heterocycles. The molecule has 10 rings (SSSR count). The number of rotatable bonds is 14. The van der Waals surface area contributed by atoms with Crippen molar-refractivity contribution in [3.05, 3.63) is 97.8 Å². The van der Waals surface area contributed by atoms with Crippen LogP contribution in [0.3, 0.4) is 0 Å². The van der Waals surface area contributed by atoms with Crippen molar-refractivity contribution in [3.63, 3.8) is 0 Å². The number of aromatic nitrogens is 4. The van der Waals surface area contributed by atoms with E-state index in [2.05, 4.69) is 63.6 Å². The highest BCUT2D eigenvalue weighted by Gasteiger charge is 2.53. The van der Waals surface area contributed by atoms with Crippen LogP contribution in [0.15, 0.2) is 75.4 Å². The van der Waals surface area contributed by atoms with Gasteiger partial charge in [0.05, 0.1) is 63.4 Å². The summed E-state index contributed by atoms with van der Waals surface area (Å²) >= 11 is 5.17. The molecule has 2 saturated carbocycles. The van der Waals surface area contributed by atoms with Gasteiger partial charge in [0.1, 0.15) is 12.1 Å². The first-order chi connectivity index (χ1) is 33.6. The Kier molecular flexibility index (Phi) is 13.5. The Hall–Kier alpha value is -5.07. The first-order valence-electron chi connectivity index (χ1n) is 24.8. The van der Waals surface area contributed by atoms with Crippen LogP contribution in [0.4, 0.5) is 4.39 Å². The zero-order valence-electron chi connectivity index (χ0n) is 40.3.